The Morgan fingerprint density at radius 1 is 1.13 bits per heavy atom. The predicted molar refractivity (Wildman–Crippen MR) is 117 cm³/mol. The van der Waals surface area contributed by atoms with Gasteiger partial charge in [-0.25, -0.2) is 4.79 Å². The second-order valence-corrected chi connectivity index (χ2v) is 7.30. The SMILES string of the molecule is CCOc1ccc(N2C[C@@H](NC(=O)NCCn3ccc4ccccc43)CC2=O)cc1. The van der Waals surface area contributed by atoms with Gasteiger partial charge in [0.05, 0.1) is 12.6 Å². The van der Waals surface area contributed by atoms with Gasteiger partial charge in [-0.15, -0.1) is 0 Å². The van der Waals surface area contributed by atoms with E-state index in [1.54, 1.807) is 4.90 Å². The van der Waals surface area contributed by atoms with Crippen LogP contribution in [0.1, 0.15) is 13.3 Å². The first-order valence-corrected chi connectivity index (χ1v) is 10.3. The van der Waals surface area contributed by atoms with E-state index in [0.29, 0.717) is 32.7 Å². The molecule has 3 amide bonds. The number of amides is 3. The minimum absolute atomic E-state index is 0.00303. The Hall–Kier alpha value is -3.48. The van der Waals surface area contributed by atoms with Gasteiger partial charge in [-0.3, -0.25) is 4.79 Å². The molecule has 3 aromatic rings. The Morgan fingerprint density at radius 3 is 2.73 bits per heavy atom. The third kappa shape index (κ3) is 4.40. The van der Waals surface area contributed by atoms with Crippen LogP contribution in [-0.2, 0) is 11.3 Å². The molecule has 0 radical (unpaired) electrons. The zero-order valence-electron chi connectivity index (χ0n) is 17.0. The molecule has 1 aliphatic rings. The fourth-order valence-electron chi connectivity index (χ4n) is 3.80. The van der Waals surface area contributed by atoms with E-state index in [4.69, 9.17) is 4.74 Å². The van der Waals surface area contributed by atoms with E-state index in [-0.39, 0.29) is 18.0 Å². The summed E-state index contributed by atoms with van der Waals surface area (Å²) in [6, 6.07) is 17.2. The number of carbonyl (C=O) groups excluding carboxylic acids is 2. The predicted octanol–water partition coefficient (Wildman–Crippen LogP) is 3.14. The van der Waals surface area contributed by atoms with E-state index in [0.717, 1.165) is 17.0 Å². The van der Waals surface area contributed by atoms with Gasteiger partial charge in [0.15, 0.2) is 0 Å². The molecule has 1 aromatic heterocycles. The lowest BCUT2D eigenvalue weighted by molar-refractivity contribution is -0.117. The molecule has 1 aliphatic heterocycles. The molecule has 30 heavy (non-hydrogen) atoms. The van der Waals surface area contributed by atoms with Gasteiger partial charge >= 0.3 is 6.03 Å². The van der Waals surface area contributed by atoms with Crippen molar-refractivity contribution in [2.75, 3.05) is 24.6 Å². The van der Waals surface area contributed by atoms with Crippen LogP contribution in [0.4, 0.5) is 10.5 Å². The largest absolute Gasteiger partial charge is 0.494 e. The van der Waals surface area contributed by atoms with Gasteiger partial charge in [0.25, 0.3) is 0 Å². The van der Waals surface area contributed by atoms with Crippen LogP contribution in [0.25, 0.3) is 10.9 Å². The number of fused-ring (bicyclic) bond motifs is 1. The number of hydrogen-bond acceptors (Lipinski definition) is 3. The van der Waals surface area contributed by atoms with E-state index in [2.05, 4.69) is 33.4 Å². The number of aromatic nitrogens is 1. The number of ether oxygens (including phenoxy) is 1. The number of para-hydroxylation sites is 1. The molecular weight excluding hydrogens is 380 g/mol. The van der Waals surface area contributed by atoms with Crippen LogP contribution in [-0.4, -0.2) is 42.2 Å². The zero-order chi connectivity index (χ0) is 20.9. The first-order valence-electron chi connectivity index (χ1n) is 10.3. The summed E-state index contributed by atoms with van der Waals surface area (Å²) >= 11 is 0. The summed E-state index contributed by atoms with van der Waals surface area (Å²) in [5.74, 6) is 0.778. The highest BCUT2D eigenvalue weighted by molar-refractivity contribution is 5.96. The number of nitrogens with zero attached hydrogens (tertiary/aromatic N) is 2. The summed E-state index contributed by atoms with van der Waals surface area (Å²) in [5, 5.41) is 6.98. The molecule has 1 atom stereocenters. The molecular formula is C23H26N4O3. The van der Waals surface area contributed by atoms with Crippen molar-refractivity contribution in [2.24, 2.45) is 0 Å². The molecule has 0 unspecified atom stereocenters. The maximum atomic E-state index is 12.4. The van der Waals surface area contributed by atoms with Crippen molar-refractivity contribution in [3.8, 4) is 5.75 Å². The van der Waals surface area contributed by atoms with Gasteiger partial charge in [0.1, 0.15) is 5.75 Å². The number of nitrogens with one attached hydrogen (secondary N) is 2. The summed E-state index contributed by atoms with van der Waals surface area (Å²) in [4.78, 5) is 26.4. The third-order valence-corrected chi connectivity index (χ3v) is 5.24. The second-order valence-electron chi connectivity index (χ2n) is 7.30. The van der Waals surface area contributed by atoms with E-state index in [1.807, 2.05) is 49.5 Å². The van der Waals surface area contributed by atoms with Gasteiger partial charge < -0.3 is 24.8 Å². The van der Waals surface area contributed by atoms with Crippen LogP contribution in [0.5, 0.6) is 5.75 Å². The van der Waals surface area contributed by atoms with Gasteiger partial charge in [0.2, 0.25) is 5.91 Å². The molecule has 4 rings (SSSR count). The van der Waals surface area contributed by atoms with Crippen LogP contribution in [0, 0.1) is 0 Å². The second kappa shape index (κ2) is 8.90. The molecule has 1 fully saturated rings. The van der Waals surface area contributed by atoms with Crippen molar-refractivity contribution >= 4 is 28.5 Å². The number of rotatable bonds is 7. The molecule has 2 heterocycles. The van der Waals surface area contributed by atoms with Crippen molar-refractivity contribution in [1.29, 1.82) is 0 Å². The molecule has 0 saturated carbocycles. The normalized spacial score (nSPS) is 16.1. The highest BCUT2D eigenvalue weighted by atomic mass is 16.5. The lowest BCUT2D eigenvalue weighted by atomic mass is 10.2. The maximum absolute atomic E-state index is 12.4. The summed E-state index contributed by atoms with van der Waals surface area (Å²) in [6.45, 7) is 4.18. The van der Waals surface area contributed by atoms with E-state index < -0.39 is 0 Å². The summed E-state index contributed by atoms with van der Waals surface area (Å²) < 4.78 is 7.56. The molecule has 0 bridgehead atoms. The Balaban J connectivity index is 1.26. The number of urea groups is 1. The highest BCUT2D eigenvalue weighted by Crippen LogP contribution is 2.24. The standard InChI is InChI=1S/C23H26N4O3/c1-2-30-20-9-7-19(8-10-20)27-16-18(15-22(27)28)25-23(29)24-12-14-26-13-11-17-5-3-4-6-21(17)26/h3-11,13,18H,2,12,14-16H2,1H3,(H2,24,25,29)/t18-/m0/s1. The molecule has 1 saturated heterocycles. The van der Waals surface area contributed by atoms with E-state index >= 15 is 0 Å². The Bertz CT molecular complexity index is 1030. The fraction of sp³-hybridized carbons (Fsp3) is 0.304. The lowest BCUT2D eigenvalue weighted by Gasteiger charge is -2.18. The zero-order valence-corrected chi connectivity index (χ0v) is 17.0. The average Bonchev–Trinajstić information content (AvgIpc) is 3.32. The fourth-order valence-corrected chi connectivity index (χ4v) is 3.80. The van der Waals surface area contributed by atoms with Crippen LogP contribution in [0.15, 0.2) is 60.8 Å². The number of anilines is 1. The van der Waals surface area contributed by atoms with E-state index in [1.165, 1.54) is 5.39 Å². The topological polar surface area (TPSA) is 75.6 Å². The Kier molecular flexibility index (Phi) is 5.88. The van der Waals surface area contributed by atoms with Crippen LogP contribution in [0.3, 0.4) is 0 Å². The smallest absolute Gasteiger partial charge is 0.315 e. The highest BCUT2D eigenvalue weighted by Gasteiger charge is 2.31. The summed E-state index contributed by atoms with van der Waals surface area (Å²) in [6.07, 6.45) is 2.32. The number of benzene rings is 2. The summed E-state index contributed by atoms with van der Waals surface area (Å²) in [5.41, 5.74) is 1.96. The van der Waals surface area contributed by atoms with Crippen molar-refractivity contribution in [2.45, 2.75) is 25.9 Å². The number of carbonyl (C=O) groups is 2. The molecule has 0 aliphatic carbocycles. The summed E-state index contributed by atoms with van der Waals surface area (Å²) in [7, 11) is 0. The van der Waals surface area contributed by atoms with Gasteiger partial charge in [-0.1, -0.05) is 18.2 Å². The van der Waals surface area contributed by atoms with Gasteiger partial charge in [-0.05, 0) is 48.7 Å². The van der Waals surface area contributed by atoms with Crippen molar-refractivity contribution < 1.29 is 14.3 Å². The van der Waals surface area contributed by atoms with Crippen LogP contribution in [0.2, 0.25) is 0 Å². The van der Waals surface area contributed by atoms with Crippen LogP contribution < -0.4 is 20.3 Å². The average molecular weight is 406 g/mol. The number of hydrogen-bond donors (Lipinski definition) is 2. The van der Waals surface area contributed by atoms with Crippen molar-refractivity contribution in [3.63, 3.8) is 0 Å². The first-order chi connectivity index (χ1) is 14.6. The first kappa shape index (κ1) is 19.8. The van der Waals surface area contributed by atoms with Gasteiger partial charge in [0, 0.05) is 43.5 Å². The maximum Gasteiger partial charge on any atom is 0.315 e. The molecule has 2 aromatic carbocycles. The molecule has 156 valence electrons. The molecule has 7 nitrogen and oxygen atoms in total. The quantitative estimate of drug-likeness (QED) is 0.633. The van der Waals surface area contributed by atoms with Crippen molar-refractivity contribution in [3.05, 3.63) is 60.8 Å². The lowest BCUT2D eigenvalue weighted by Crippen LogP contribution is -2.44. The minimum Gasteiger partial charge on any atom is -0.494 e. The molecule has 2 N–H and O–H groups in total. The van der Waals surface area contributed by atoms with E-state index in [9.17, 15) is 9.59 Å². The van der Waals surface area contributed by atoms with Crippen molar-refractivity contribution in [1.82, 2.24) is 15.2 Å². The Labute approximate surface area is 175 Å². The van der Waals surface area contributed by atoms with Crippen LogP contribution >= 0.6 is 0 Å². The van der Waals surface area contributed by atoms with Gasteiger partial charge in [-0.2, -0.15) is 0 Å². The Morgan fingerprint density at radius 2 is 1.93 bits per heavy atom. The molecule has 7 heteroatoms. The molecule has 0 spiro atoms. The third-order valence-electron chi connectivity index (χ3n) is 5.24. The monoisotopic (exact) mass is 406 g/mol. The minimum atomic E-state index is -0.252.